The van der Waals surface area contributed by atoms with E-state index in [1.165, 1.54) is 10.5 Å². The first-order valence-electron chi connectivity index (χ1n) is 4.43. The third-order valence-electron chi connectivity index (χ3n) is 1.68. The fraction of sp³-hybridized carbons (Fsp3) is 0.300. The van der Waals surface area contributed by atoms with Crippen molar-refractivity contribution < 1.29 is 0 Å². The molecule has 1 aromatic rings. The number of aliphatic imine (C=N–C) groups is 1. The van der Waals surface area contributed by atoms with E-state index in [1.807, 2.05) is 0 Å². The van der Waals surface area contributed by atoms with E-state index in [1.54, 1.807) is 11.8 Å². The molecule has 0 aromatic heterocycles. The van der Waals surface area contributed by atoms with Crippen LogP contribution in [0.5, 0.6) is 0 Å². The lowest BCUT2D eigenvalue weighted by molar-refractivity contribution is 1.12. The van der Waals surface area contributed by atoms with Crippen LogP contribution in [0.15, 0.2) is 34.2 Å². The minimum absolute atomic E-state index is 0.162. The summed E-state index contributed by atoms with van der Waals surface area (Å²) in [5.41, 5.74) is 11.7. The van der Waals surface area contributed by atoms with Crippen LogP contribution in [0.3, 0.4) is 0 Å². The summed E-state index contributed by atoms with van der Waals surface area (Å²) in [6, 6.07) is 8.41. The molecular formula is C10H15N3S. The molecule has 0 radical (unpaired) electrons. The third-order valence-corrected chi connectivity index (χ3v) is 2.67. The summed E-state index contributed by atoms with van der Waals surface area (Å²) in [6.45, 7) is 2.74. The van der Waals surface area contributed by atoms with E-state index in [9.17, 15) is 0 Å². The summed E-state index contributed by atoms with van der Waals surface area (Å²) < 4.78 is 0. The monoisotopic (exact) mass is 209 g/mol. The molecule has 0 aliphatic rings. The highest BCUT2D eigenvalue weighted by Gasteiger charge is 1.92. The van der Waals surface area contributed by atoms with Gasteiger partial charge in [-0.1, -0.05) is 17.7 Å². The molecule has 0 spiro atoms. The molecule has 0 atom stereocenters. The number of rotatable bonds is 4. The Morgan fingerprint density at radius 2 is 1.93 bits per heavy atom. The zero-order valence-electron chi connectivity index (χ0n) is 8.23. The van der Waals surface area contributed by atoms with Gasteiger partial charge in [0, 0.05) is 10.6 Å². The Bertz CT molecular complexity index is 302. The summed E-state index contributed by atoms with van der Waals surface area (Å²) in [4.78, 5) is 5.16. The number of aryl methyl sites for hydroxylation is 1. The second kappa shape index (κ2) is 5.54. The van der Waals surface area contributed by atoms with Crippen molar-refractivity contribution in [3.8, 4) is 0 Å². The number of nitrogens with zero attached hydrogens (tertiary/aromatic N) is 1. The first-order valence-corrected chi connectivity index (χ1v) is 5.42. The molecule has 1 aromatic carbocycles. The Labute approximate surface area is 88.6 Å². The van der Waals surface area contributed by atoms with Gasteiger partial charge in [0.2, 0.25) is 0 Å². The largest absolute Gasteiger partial charge is 0.370 e. The zero-order chi connectivity index (χ0) is 10.4. The van der Waals surface area contributed by atoms with Crippen LogP contribution in [0.2, 0.25) is 0 Å². The Kier molecular flexibility index (Phi) is 4.32. The Hall–Kier alpha value is -1.16. The molecule has 0 fully saturated rings. The Balaban J connectivity index is 2.32. The maximum absolute atomic E-state index is 5.21. The zero-order valence-corrected chi connectivity index (χ0v) is 9.05. The van der Waals surface area contributed by atoms with Gasteiger partial charge in [-0.2, -0.15) is 0 Å². The van der Waals surface area contributed by atoms with Crippen molar-refractivity contribution in [1.82, 2.24) is 0 Å². The number of thioether (sulfide) groups is 1. The van der Waals surface area contributed by atoms with Crippen LogP contribution in [0.25, 0.3) is 0 Å². The minimum atomic E-state index is 0.162. The summed E-state index contributed by atoms with van der Waals surface area (Å²) >= 11 is 1.75. The van der Waals surface area contributed by atoms with Gasteiger partial charge in [0.15, 0.2) is 5.96 Å². The van der Waals surface area contributed by atoms with Crippen molar-refractivity contribution in [3.05, 3.63) is 29.8 Å². The maximum Gasteiger partial charge on any atom is 0.185 e. The molecule has 3 nitrogen and oxygen atoms in total. The van der Waals surface area contributed by atoms with Crippen molar-refractivity contribution in [2.75, 3.05) is 12.3 Å². The van der Waals surface area contributed by atoms with Crippen LogP contribution < -0.4 is 11.5 Å². The van der Waals surface area contributed by atoms with Crippen LogP contribution in [0.4, 0.5) is 0 Å². The first-order chi connectivity index (χ1) is 6.68. The van der Waals surface area contributed by atoms with E-state index < -0.39 is 0 Å². The minimum Gasteiger partial charge on any atom is -0.370 e. The molecule has 4 N–H and O–H groups in total. The predicted molar refractivity (Wildman–Crippen MR) is 62.6 cm³/mol. The number of hydrogen-bond acceptors (Lipinski definition) is 2. The molecule has 0 aliphatic heterocycles. The predicted octanol–water partition coefficient (Wildman–Crippen LogP) is 1.36. The van der Waals surface area contributed by atoms with Crippen LogP contribution in [0.1, 0.15) is 5.56 Å². The van der Waals surface area contributed by atoms with E-state index in [2.05, 4.69) is 36.2 Å². The number of nitrogens with two attached hydrogens (primary N) is 2. The van der Waals surface area contributed by atoms with Crippen LogP contribution in [-0.4, -0.2) is 18.3 Å². The van der Waals surface area contributed by atoms with Gasteiger partial charge in [0.25, 0.3) is 0 Å². The molecule has 0 heterocycles. The fourth-order valence-electron chi connectivity index (χ4n) is 0.973. The molecule has 4 heteroatoms. The van der Waals surface area contributed by atoms with E-state index in [-0.39, 0.29) is 5.96 Å². The molecule has 0 saturated heterocycles. The highest BCUT2D eigenvalue weighted by atomic mass is 32.2. The van der Waals surface area contributed by atoms with Gasteiger partial charge in [-0.25, -0.2) is 0 Å². The normalized spacial score (nSPS) is 9.79. The van der Waals surface area contributed by atoms with Gasteiger partial charge in [-0.3, -0.25) is 4.99 Å². The third kappa shape index (κ3) is 4.18. The highest BCUT2D eigenvalue weighted by molar-refractivity contribution is 7.99. The highest BCUT2D eigenvalue weighted by Crippen LogP contribution is 2.17. The standard InChI is InChI=1S/C10H15N3S/c1-8-2-4-9(5-3-8)14-7-6-13-10(11)12/h2-5H,6-7H2,1H3,(H4,11,12,13). The molecule has 0 unspecified atom stereocenters. The van der Waals surface area contributed by atoms with Crippen LogP contribution >= 0.6 is 11.8 Å². The molecular weight excluding hydrogens is 194 g/mol. The lowest BCUT2D eigenvalue weighted by Gasteiger charge is -1.99. The van der Waals surface area contributed by atoms with E-state index in [4.69, 9.17) is 11.5 Å². The van der Waals surface area contributed by atoms with E-state index in [0.717, 1.165) is 5.75 Å². The van der Waals surface area contributed by atoms with Crippen molar-refractivity contribution in [2.45, 2.75) is 11.8 Å². The molecule has 0 bridgehead atoms. The van der Waals surface area contributed by atoms with Gasteiger partial charge in [-0.15, -0.1) is 11.8 Å². The smallest absolute Gasteiger partial charge is 0.185 e. The quantitative estimate of drug-likeness (QED) is 0.340. The molecule has 0 amide bonds. The van der Waals surface area contributed by atoms with Gasteiger partial charge in [0.05, 0.1) is 6.54 Å². The van der Waals surface area contributed by atoms with Gasteiger partial charge < -0.3 is 11.5 Å². The summed E-state index contributed by atoms with van der Waals surface area (Å²) in [7, 11) is 0. The SMILES string of the molecule is Cc1ccc(SCCN=C(N)N)cc1. The van der Waals surface area contributed by atoms with Gasteiger partial charge in [-0.05, 0) is 19.1 Å². The van der Waals surface area contributed by atoms with Crippen LogP contribution in [-0.2, 0) is 0 Å². The molecule has 1 rings (SSSR count). The number of guanidine groups is 1. The Morgan fingerprint density at radius 1 is 1.29 bits per heavy atom. The summed E-state index contributed by atoms with van der Waals surface area (Å²) in [6.07, 6.45) is 0. The topological polar surface area (TPSA) is 64.4 Å². The van der Waals surface area contributed by atoms with Gasteiger partial charge >= 0.3 is 0 Å². The fourth-order valence-corrected chi connectivity index (χ4v) is 1.72. The molecule has 76 valence electrons. The van der Waals surface area contributed by atoms with Crippen molar-refractivity contribution >= 4 is 17.7 Å². The average molecular weight is 209 g/mol. The average Bonchev–Trinajstić information content (AvgIpc) is 2.15. The van der Waals surface area contributed by atoms with Crippen LogP contribution in [0, 0.1) is 6.92 Å². The molecule has 14 heavy (non-hydrogen) atoms. The number of benzene rings is 1. The van der Waals surface area contributed by atoms with Gasteiger partial charge in [0.1, 0.15) is 0 Å². The maximum atomic E-state index is 5.21. The van der Waals surface area contributed by atoms with E-state index in [0.29, 0.717) is 6.54 Å². The summed E-state index contributed by atoms with van der Waals surface area (Å²) in [5.74, 6) is 1.07. The van der Waals surface area contributed by atoms with E-state index >= 15 is 0 Å². The number of hydrogen-bond donors (Lipinski definition) is 2. The first kappa shape index (κ1) is 10.9. The van der Waals surface area contributed by atoms with Crippen molar-refractivity contribution in [3.63, 3.8) is 0 Å². The second-order valence-corrected chi connectivity index (χ2v) is 4.14. The lowest BCUT2D eigenvalue weighted by atomic mass is 10.2. The molecule has 0 saturated carbocycles. The second-order valence-electron chi connectivity index (χ2n) is 2.97. The molecule has 0 aliphatic carbocycles. The Morgan fingerprint density at radius 3 is 2.50 bits per heavy atom. The van der Waals surface area contributed by atoms with Crippen molar-refractivity contribution in [2.24, 2.45) is 16.5 Å². The summed E-state index contributed by atoms with van der Waals surface area (Å²) in [5, 5.41) is 0. The van der Waals surface area contributed by atoms with Crippen molar-refractivity contribution in [1.29, 1.82) is 0 Å². The lowest BCUT2D eigenvalue weighted by Crippen LogP contribution is -2.23.